The molecule has 0 aliphatic carbocycles. The van der Waals surface area contributed by atoms with Crippen LogP contribution in [0.2, 0.25) is 0 Å². The summed E-state index contributed by atoms with van der Waals surface area (Å²) in [5, 5.41) is 2.80. The quantitative estimate of drug-likeness (QED) is 0.931. The van der Waals surface area contributed by atoms with Crippen LogP contribution in [0.15, 0.2) is 42.9 Å². The number of nitrogens with zero attached hydrogens (tertiary/aromatic N) is 3. The van der Waals surface area contributed by atoms with Crippen LogP contribution in [-0.2, 0) is 6.54 Å². The molecule has 3 heterocycles. The minimum absolute atomic E-state index is 0.0342. The van der Waals surface area contributed by atoms with Crippen LogP contribution >= 0.6 is 0 Å². The number of likely N-dealkylation sites (tertiary alicyclic amines) is 1. The maximum Gasteiger partial charge on any atom is 0.270 e. The second-order valence-corrected chi connectivity index (χ2v) is 5.47. The van der Waals surface area contributed by atoms with E-state index in [0.29, 0.717) is 12.1 Å². The summed E-state index contributed by atoms with van der Waals surface area (Å²) in [6.07, 6.45) is 6.93. The lowest BCUT2D eigenvalue weighted by Gasteiger charge is -2.15. The van der Waals surface area contributed by atoms with Gasteiger partial charge in [-0.25, -0.2) is 0 Å². The number of nitrogens with one attached hydrogen (secondary N) is 1. The lowest BCUT2D eigenvalue weighted by Crippen LogP contribution is -2.28. The van der Waals surface area contributed by atoms with Crippen LogP contribution in [0.5, 0.6) is 0 Å². The first-order valence-electron chi connectivity index (χ1n) is 7.66. The van der Waals surface area contributed by atoms with Gasteiger partial charge in [0.25, 0.3) is 11.8 Å². The molecule has 118 valence electrons. The Hall–Kier alpha value is -2.76. The first-order chi connectivity index (χ1) is 11.2. The zero-order chi connectivity index (χ0) is 16.1. The molecule has 23 heavy (non-hydrogen) atoms. The summed E-state index contributed by atoms with van der Waals surface area (Å²) in [4.78, 5) is 34.4. The molecule has 1 saturated heterocycles. The van der Waals surface area contributed by atoms with Gasteiger partial charge >= 0.3 is 0 Å². The highest BCUT2D eigenvalue weighted by Gasteiger charge is 2.20. The fourth-order valence-electron chi connectivity index (χ4n) is 2.56. The van der Waals surface area contributed by atoms with E-state index in [2.05, 4.69) is 15.3 Å². The molecule has 0 bridgehead atoms. The first kappa shape index (κ1) is 15.1. The van der Waals surface area contributed by atoms with E-state index in [1.165, 1.54) is 6.20 Å². The number of carbonyl (C=O) groups is 2. The fraction of sp³-hybridized carbons (Fsp3) is 0.294. The van der Waals surface area contributed by atoms with Crippen molar-refractivity contribution >= 4 is 11.8 Å². The third kappa shape index (κ3) is 3.71. The van der Waals surface area contributed by atoms with Crippen molar-refractivity contribution in [2.24, 2.45) is 0 Å². The van der Waals surface area contributed by atoms with E-state index < -0.39 is 0 Å². The monoisotopic (exact) mass is 310 g/mol. The van der Waals surface area contributed by atoms with Crippen molar-refractivity contribution in [3.05, 3.63) is 59.7 Å². The molecule has 1 aliphatic heterocycles. The van der Waals surface area contributed by atoms with Gasteiger partial charge in [0, 0.05) is 43.8 Å². The number of carbonyl (C=O) groups excluding carboxylic acids is 2. The van der Waals surface area contributed by atoms with E-state index in [-0.39, 0.29) is 17.5 Å². The summed E-state index contributed by atoms with van der Waals surface area (Å²) in [6, 6.07) is 6.88. The third-order valence-corrected chi connectivity index (χ3v) is 3.84. The molecule has 0 aromatic carbocycles. The molecule has 0 atom stereocenters. The summed E-state index contributed by atoms with van der Waals surface area (Å²) >= 11 is 0. The molecular formula is C17H18N4O2. The molecule has 0 spiro atoms. The van der Waals surface area contributed by atoms with Crippen LogP contribution < -0.4 is 5.32 Å². The van der Waals surface area contributed by atoms with Crippen molar-refractivity contribution in [2.75, 3.05) is 13.1 Å². The van der Waals surface area contributed by atoms with Crippen LogP contribution in [0.4, 0.5) is 0 Å². The molecule has 2 aromatic heterocycles. The standard InChI is InChI=1S/C17H18N4O2/c22-16(20-12-13-3-6-18-7-4-13)15-11-14(5-8-19-15)17(23)21-9-1-2-10-21/h3-8,11H,1-2,9-10,12H2,(H,20,22). The van der Waals surface area contributed by atoms with Gasteiger partial charge in [-0.1, -0.05) is 0 Å². The van der Waals surface area contributed by atoms with Crippen LogP contribution in [-0.4, -0.2) is 39.8 Å². The van der Waals surface area contributed by atoms with Crippen LogP contribution in [0.3, 0.4) is 0 Å². The highest BCUT2D eigenvalue weighted by Crippen LogP contribution is 2.13. The van der Waals surface area contributed by atoms with Gasteiger partial charge in [0.2, 0.25) is 0 Å². The Balaban J connectivity index is 1.66. The highest BCUT2D eigenvalue weighted by molar-refractivity contribution is 5.98. The molecule has 0 radical (unpaired) electrons. The summed E-state index contributed by atoms with van der Waals surface area (Å²) < 4.78 is 0. The Labute approximate surface area is 134 Å². The molecule has 2 aromatic rings. The predicted octanol–water partition coefficient (Wildman–Crippen LogP) is 1.64. The molecule has 1 aliphatic rings. The van der Waals surface area contributed by atoms with E-state index in [0.717, 1.165) is 31.5 Å². The number of hydrogen-bond donors (Lipinski definition) is 1. The lowest BCUT2D eigenvalue weighted by molar-refractivity contribution is 0.0792. The number of amides is 2. The molecule has 0 unspecified atom stereocenters. The number of hydrogen-bond acceptors (Lipinski definition) is 4. The zero-order valence-electron chi connectivity index (χ0n) is 12.7. The maximum absolute atomic E-state index is 12.4. The molecule has 6 heteroatoms. The van der Waals surface area contributed by atoms with Crippen molar-refractivity contribution in [3.8, 4) is 0 Å². The number of aromatic nitrogens is 2. The topological polar surface area (TPSA) is 75.2 Å². The minimum Gasteiger partial charge on any atom is -0.347 e. The van der Waals surface area contributed by atoms with E-state index >= 15 is 0 Å². The normalized spacial score (nSPS) is 13.8. The third-order valence-electron chi connectivity index (χ3n) is 3.84. The molecule has 2 amide bonds. The average molecular weight is 310 g/mol. The highest BCUT2D eigenvalue weighted by atomic mass is 16.2. The van der Waals surface area contributed by atoms with Crippen molar-refractivity contribution in [3.63, 3.8) is 0 Å². The van der Waals surface area contributed by atoms with E-state index in [1.54, 1.807) is 24.5 Å². The van der Waals surface area contributed by atoms with E-state index in [4.69, 9.17) is 0 Å². The van der Waals surface area contributed by atoms with Gasteiger partial charge in [0.05, 0.1) is 0 Å². The molecule has 0 saturated carbocycles. The summed E-state index contributed by atoms with van der Waals surface area (Å²) in [5.41, 5.74) is 1.72. The zero-order valence-corrected chi connectivity index (χ0v) is 12.7. The summed E-state index contributed by atoms with van der Waals surface area (Å²) in [5.74, 6) is -0.328. The van der Waals surface area contributed by atoms with Crippen LogP contribution in [0.25, 0.3) is 0 Å². The smallest absolute Gasteiger partial charge is 0.270 e. The fourth-order valence-corrected chi connectivity index (χ4v) is 2.56. The molecular weight excluding hydrogens is 292 g/mol. The maximum atomic E-state index is 12.4. The molecule has 3 rings (SSSR count). The van der Waals surface area contributed by atoms with Gasteiger partial charge in [-0.05, 0) is 42.7 Å². The largest absolute Gasteiger partial charge is 0.347 e. The van der Waals surface area contributed by atoms with Crippen LogP contribution in [0, 0.1) is 0 Å². The van der Waals surface area contributed by atoms with Crippen LogP contribution in [0.1, 0.15) is 39.3 Å². The Bertz CT molecular complexity index is 697. The minimum atomic E-state index is -0.294. The van der Waals surface area contributed by atoms with E-state index in [9.17, 15) is 9.59 Å². The Morgan fingerprint density at radius 2 is 1.83 bits per heavy atom. The second-order valence-electron chi connectivity index (χ2n) is 5.47. The molecule has 1 fully saturated rings. The summed E-state index contributed by atoms with van der Waals surface area (Å²) in [6.45, 7) is 1.96. The SMILES string of the molecule is O=C(NCc1ccncc1)c1cc(C(=O)N2CCCC2)ccn1. The predicted molar refractivity (Wildman–Crippen MR) is 84.8 cm³/mol. The summed E-state index contributed by atoms with van der Waals surface area (Å²) in [7, 11) is 0. The molecule has 1 N–H and O–H groups in total. The van der Waals surface area contributed by atoms with Gasteiger partial charge in [0.15, 0.2) is 0 Å². The van der Waals surface area contributed by atoms with Gasteiger partial charge in [0.1, 0.15) is 5.69 Å². The Morgan fingerprint density at radius 1 is 1.09 bits per heavy atom. The van der Waals surface area contributed by atoms with Gasteiger partial charge < -0.3 is 10.2 Å². The van der Waals surface area contributed by atoms with Crippen molar-refractivity contribution < 1.29 is 9.59 Å². The first-order valence-corrected chi connectivity index (χ1v) is 7.66. The Morgan fingerprint density at radius 3 is 2.57 bits per heavy atom. The van der Waals surface area contributed by atoms with E-state index in [1.807, 2.05) is 17.0 Å². The van der Waals surface area contributed by atoms with Crippen molar-refractivity contribution in [1.29, 1.82) is 0 Å². The van der Waals surface area contributed by atoms with Gasteiger partial charge in [-0.15, -0.1) is 0 Å². The second kappa shape index (κ2) is 7.00. The van der Waals surface area contributed by atoms with Gasteiger partial charge in [-0.2, -0.15) is 0 Å². The number of pyridine rings is 2. The van der Waals surface area contributed by atoms with Crippen molar-refractivity contribution in [2.45, 2.75) is 19.4 Å². The van der Waals surface area contributed by atoms with Crippen molar-refractivity contribution in [1.82, 2.24) is 20.2 Å². The van der Waals surface area contributed by atoms with Gasteiger partial charge in [-0.3, -0.25) is 19.6 Å². The average Bonchev–Trinajstić information content (AvgIpc) is 3.14. The number of rotatable bonds is 4. The lowest BCUT2D eigenvalue weighted by atomic mass is 10.2. The molecule has 6 nitrogen and oxygen atoms in total. The Kier molecular flexibility index (Phi) is 4.61.